The predicted octanol–water partition coefficient (Wildman–Crippen LogP) is 4.35. The third-order valence-electron chi connectivity index (χ3n) is 3.16. The van der Waals surface area contributed by atoms with Gasteiger partial charge in [0.2, 0.25) is 0 Å². The summed E-state index contributed by atoms with van der Waals surface area (Å²) in [6.45, 7) is 3.66. The molecule has 0 bridgehead atoms. The van der Waals surface area contributed by atoms with E-state index in [2.05, 4.69) is 0 Å². The summed E-state index contributed by atoms with van der Waals surface area (Å²) in [6.07, 6.45) is 13.5. The van der Waals surface area contributed by atoms with Gasteiger partial charge in [0.1, 0.15) is 24.3 Å². The standard InChI is InChI=1S/C20H14N4/c1-3-5-7-9-15-17(11-21)19(13-23)16(10-8-6-4-2)20(14-24)18(15)12-22/h3-10H,1-2H3/b5-3+,6-4+,9-7+,10-8+. The average molecular weight is 310 g/mol. The number of hydrogen-bond donors (Lipinski definition) is 0. The zero-order valence-electron chi connectivity index (χ0n) is 13.4. The first-order chi connectivity index (χ1) is 11.7. The van der Waals surface area contributed by atoms with Crippen LogP contribution >= 0.6 is 0 Å². The van der Waals surface area contributed by atoms with Gasteiger partial charge in [-0.2, -0.15) is 21.0 Å². The van der Waals surface area contributed by atoms with E-state index in [1.54, 1.807) is 48.6 Å². The van der Waals surface area contributed by atoms with Crippen molar-refractivity contribution in [1.82, 2.24) is 0 Å². The van der Waals surface area contributed by atoms with E-state index in [9.17, 15) is 21.0 Å². The summed E-state index contributed by atoms with van der Waals surface area (Å²) < 4.78 is 0. The molecule has 0 saturated carbocycles. The Labute approximate surface area is 141 Å². The predicted molar refractivity (Wildman–Crippen MR) is 93.0 cm³/mol. The maximum Gasteiger partial charge on any atom is 0.101 e. The lowest BCUT2D eigenvalue weighted by Gasteiger charge is -2.10. The monoisotopic (exact) mass is 310 g/mol. The van der Waals surface area contributed by atoms with Gasteiger partial charge in [0.25, 0.3) is 0 Å². The summed E-state index contributed by atoms with van der Waals surface area (Å²) in [6, 6.07) is 7.95. The second-order valence-corrected chi connectivity index (χ2v) is 4.54. The Morgan fingerprint density at radius 3 is 1.04 bits per heavy atom. The van der Waals surface area contributed by atoms with Crippen LogP contribution in [0.5, 0.6) is 0 Å². The van der Waals surface area contributed by atoms with Crippen LogP contribution in [0.2, 0.25) is 0 Å². The molecule has 0 aliphatic carbocycles. The normalized spacial score (nSPS) is 10.9. The Bertz CT molecular complexity index is 785. The first kappa shape index (κ1) is 18.2. The molecule has 0 unspecified atom stereocenters. The van der Waals surface area contributed by atoms with Gasteiger partial charge >= 0.3 is 0 Å². The zero-order chi connectivity index (χ0) is 17.9. The summed E-state index contributed by atoms with van der Waals surface area (Å²) in [7, 11) is 0. The van der Waals surface area contributed by atoms with Crippen LogP contribution in [0.4, 0.5) is 0 Å². The van der Waals surface area contributed by atoms with Crippen LogP contribution in [0.15, 0.2) is 36.5 Å². The second-order valence-electron chi connectivity index (χ2n) is 4.54. The molecule has 0 radical (unpaired) electrons. The first-order valence-electron chi connectivity index (χ1n) is 7.13. The van der Waals surface area contributed by atoms with Gasteiger partial charge < -0.3 is 0 Å². The minimum absolute atomic E-state index is 0.0916. The molecule has 0 spiro atoms. The summed E-state index contributed by atoms with van der Waals surface area (Å²) in [5.41, 5.74) is 0.939. The quantitative estimate of drug-likeness (QED) is 0.772. The molecule has 0 fully saturated rings. The SMILES string of the molecule is C/C=C/C=C/c1c(C#N)c(C#N)c(/C=C/C=C/C)c(C#N)c1C#N. The van der Waals surface area contributed by atoms with Crippen LogP contribution in [-0.4, -0.2) is 0 Å². The van der Waals surface area contributed by atoms with E-state index in [1.165, 1.54) is 0 Å². The molecule has 4 heteroatoms. The fourth-order valence-electron chi connectivity index (χ4n) is 2.11. The van der Waals surface area contributed by atoms with Crippen LogP contribution in [0, 0.1) is 45.3 Å². The van der Waals surface area contributed by atoms with Gasteiger partial charge in [-0.25, -0.2) is 0 Å². The van der Waals surface area contributed by atoms with Crippen LogP contribution in [-0.2, 0) is 0 Å². The molecule has 4 nitrogen and oxygen atoms in total. The maximum atomic E-state index is 9.48. The van der Waals surface area contributed by atoms with Gasteiger partial charge in [0, 0.05) is 11.1 Å². The van der Waals surface area contributed by atoms with Crippen LogP contribution in [0.3, 0.4) is 0 Å². The molecule has 1 aromatic rings. The van der Waals surface area contributed by atoms with Gasteiger partial charge in [-0.1, -0.05) is 48.6 Å². The molecule has 0 heterocycles. The van der Waals surface area contributed by atoms with E-state index >= 15 is 0 Å². The third kappa shape index (κ3) is 3.66. The van der Waals surface area contributed by atoms with Gasteiger partial charge in [0.15, 0.2) is 0 Å². The minimum atomic E-state index is 0.0916. The highest BCUT2D eigenvalue weighted by Gasteiger charge is 2.21. The van der Waals surface area contributed by atoms with E-state index in [0.717, 1.165) is 0 Å². The molecule has 24 heavy (non-hydrogen) atoms. The molecule has 1 rings (SSSR count). The van der Waals surface area contributed by atoms with E-state index in [1.807, 2.05) is 38.1 Å². The number of benzene rings is 1. The highest BCUT2D eigenvalue weighted by molar-refractivity contribution is 5.80. The lowest BCUT2D eigenvalue weighted by atomic mass is 9.87. The van der Waals surface area contributed by atoms with Crippen LogP contribution in [0.25, 0.3) is 12.2 Å². The number of allylic oxidation sites excluding steroid dienone is 6. The largest absolute Gasteiger partial charge is 0.192 e. The van der Waals surface area contributed by atoms with Crippen molar-refractivity contribution in [1.29, 1.82) is 21.0 Å². The van der Waals surface area contributed by atoms with Gasteiger partial charge in [-0.05, 0) is 13.8 Å². The van der Waals surface area contributed by atoms with E-state index in [-0.39, 0.29) is 33.4 Å². The summed E-state index contributed by atoms with van der Waals surface area (Å²) >= 11 is 0. The fourth-order valence-corrected chi connectivity index (χ4v) is 2.11. The molecule has 0 aliphatic rings. The molecule has 0 aromatic heterocycles. The molecule has 0 saturated heterocycles. The number of rotatable bonds is 4. The van der Waals surface area contributed by atoms with Crippen LogP contribution in [0.1, 0.15) is 47.2 Å². The summed E-state index contributed by atoms with van der Waals surface area (Å²) in [5, 5.41) is 37.9. The number of hydrogen-bond acceptors (Lipinski definition) is 4. The number of nitriles is 4. The highest BCUT2D eigenvalue weighted by atomic mass is 14.3. The number of nitrogens with zero attached hydrogens (tertiary/aromatic N) is 4. The first-order valence-corrected chi connectivity index (χ1v) is 7.13. The molecule has 1 aromatic carbocycles. The van der Waals surface area contributed by atoms with E-state index in [4.69, 9.17) is 0 Å². The van der Waals surface area contributed by atoms with E-state index in [0.29, 0.717) is 0 Å². The van der Waals surface area contributed by atoms with Crippen molar-refractivity contribution < 1.29 is 0 Å². The van der Waals surface area contributed by atoms with Crippen molar-refractivity contribution in [3.8, 4) is 24.3 Å². The molecule has 0 atom stereocenters. The molecule has 0 N–H and O–H groups in total. The minimum Gasteiger partial charge on any atom is -0.192 e. The van der Waals surface area contributed by atoms with Gasteiger partial charge in [-0.3, -0.25) is 0 Å². The summed E-state index contributed by atoms with van der Waals surface area (Å²) in [4.78, 5) is 0. The van der Waals surface area contributed by atoms with Crippen molar-refractivity contribution in [3.63, 3.8) is 0 Å². The molecule has 114 valence electrons. The topological polar surface area (TPSA) is 95.2 Å². The Morgan fingerprint density at radius 1 is 0.542 bits per heavy atom. The summed E-state index contributed by atoms with van der Waals surface area (Å²) in [5.74, 6) is 0. The van der Waals surface area contributed by atoms with Gasteiger partial charge in [-0.15, -0.1) is 0 Å². The Morgan fingerprint density at radius 2 is 0.833 bits per heavy atom. The fraction of sp³-hybridized carbons (Fsp3) is 0.100. The smallest absolute Gasteiger partial charge is 0.101 e. The molecule has 0 aliphatic heterocycles. The maximum absolute atomic E-state index is 9.48. The van der Waals surface area contributed by atoms with Crippen LogP contribution < -0.4 is 0 Å². The molecular weight excluding hydrogens is 296 g/mol. The van der Waals surface area contributed by atoms with E-state index < -0.39 is 0 Å². The van der Waals surface area contributed by atoms with Gasteiger partial charge in [0.05, 0.1) is 22.3 Å². The second kappa shape index (κ2) is 9.22. The molecule has 0 amide bonds. The Kier molecular flexibility index (Phi) is 6.99. The highest BCUT2D eigenvalue weighted by Crippen LogP contribution is 2.29. The van der Waals surface area contributed by atoms with Crippen molar-refractivity contribution >= 4 is 12.2 Å². The van der Waals surface area contributed by atoms with Crippen molar-refractivity contribution in [2.75, 3.05) is 0 Å². The average Bonchev–Trinajstić information content (AvgIpc) is 2.61. The Hall–Kier alpha value is -3.86. The van der Waals surface area contributed by atoms with Crippen molar-refractivity contribution in [2.24, 2.45) is 0 Å². The lowest BCUT2D eigenvalue weighted by Crippen LogP contribution is -2.02. The zero-order valence-corrected chi connectivity index (χ0v) is 13.4. The van der Waals surface area contributed by atoms with Crippen molar-refractivity contribution in [2.45, 2.75) is 13.8 Å². The molecular formula is C20H14N4. The lowest BCUT2D eigenvalue weighted by molar-refractivity contribution is 1.35. The third-order valence-corrected chi connectivity index (χ3v) is 3.16. The van der Waals surface area contributed by atoms with Crippen molar-refractivity contribution in [3.05, 3.63) is 69.8 Å². The Balaban J connectivity index is 3.98.